The highest BCUT2D eigenvalue weighted by Crippen LogP contribution is 2.37. The number of ether oxygens (including phenoxy) is 1. The second-order valence-electron chi connectivity index (χ2n) is 3.99. The predicted molar refractivity (Wildman–Crippen MR) is 58.7 cm³/mol. The van der Waals surface area contributed by atoms with Crippen LogP contribution in [0.25, 0.3) is 0 Å². The van der Waals surface area contributed by atoms with E-state index in [2.05, 4.69) is 4.74 Å². The lowest BCUT2D eigenvalue weighted by molar-refractivity contribution is -0.299. The zero-order valence-corrected chi connectivity index (χ0v) is 10.1. The van der Waals surface area contributed by atoms with E-state index in [-0.39, 0.29) is 5.56 Å². The molecular weight excluding hydrogens is 290 g/mol. The summed E-state index contributed by atoms with van der Waals surface area (Å²) in [6.45, 7) is 1.54. The summed E-state index contributed by atoms with van der Waals surface area (Å²) in [5.41, 5.74) is 5.30. The first-order valence-electron chi connectivity index (χ1n) is 5.18. The number of halogens is 6. The maximum atomic E-state index is 12.4. The Morgan fingerprint density at radius 3 is 2.05 bits per heavy atom. The quantitative estimate of drug-likeness (QED) is 0.512. The Labute approximate surface area is 109 Å². The number of alkyl halides is 6. The number of benzene rings is 1. The van der Waals surface area contributed by atoms with Crippen molar-refractivity contribution in [1.29, 1.82) is 5.41 Å². The summed E-state index contributed by atoms with van der Waals surface area (Å²) in [6.07, 6.45) is -15.2. The van der Waals surface area contributed by atoms with Gasteiger partial charge in [0.2, 0.25) is 0 Å². The Balaban J connectivity index is 3.22. The van der Waals surface area contributed by atoms with Crippen molar-refractivity contribution in [3.63, 3.8) is 0 Å². The number of hydrogen-bond acceptors (Lipinski definition) is 2. The first kappa shape index (κ1) is 16.1. The molecule has 0 bridgehead atoms. The fourth-order valence-electron chi connectivity index (χ4n) is 1.40. The van der Waals surface area contributed by atoms with Gasteiger partial charge in [0.1, 0.15) is 11.6 Å². The van der Waals surface area contributed by atoms with Crippen molar-refractivity contribution in [2.45, 2.75) is 25.4 Å². The number of rotatable bonds is 3. The molecule has 0 unspecified atom stereocenters. The predicted octanol–water partition coefficient (Wildman–Crippen LogP) is 3.15. The third-order valence-corrected chi connectivity index (χ3v) is 2.26. The molecule has 0 aliphatic rings. The molecule has 9 heteroatoms. The molecule has 0 aromatic heterocycles. The van der Waals surface area contributed by atoms with Gasteiger partial charge < -0.3 is 10.5 Å². The second-order valence-corrected chi connectivity index (χ2v) is 3.99. The molecule has 1 aromatic carbocycles. The van der Waals surface area contributed by atoms with Crippen LogP contribution in [-0.4, -0.2) is 24.3 Å². The third-order valence-electron chi connectivity index (χ3n) is 2.26. The van der Waals surface area contributed by atoms with Crippen LogP contribution >= 0.6 is 0 Å². The Morgan fingerprint density at radius 1 is 1.15 bits per heavy atom. The van der Waals surface area contributed by atoms with Gasteiger partial charge in [-0.15, -0.1) is 0 Å². The molecule has 0 heterocycles. The van der Waals surface area contributed by atoms with Crippen molar-refractivity contribution in [2.75, 3.05) is 0 Å². The monoisotopic (exact) mass is 300 g/mol. The van der Waals surface area contributed by atoms with Crippen LogP contribution in [0.3, 0.4) is 0 Å². The summed E-state index contributed by atoms with van der Waals surface area (Å²) in [6, 6.07) is 3.34. The normalized spacial score (nSPS) is 12.6. The summed E-state index contributed by atoms with van der Waals surface area (Å²) in [5, 5.41) is 7.16. The third kappa shape index (κ3) is 3.78. The van der Waals surface area contributed by atoms with Crippen LogP contribution in [-0.2, 0) is 0 Å². The molecule has 20 heavy (non-hydrogen) atoms. The van der Waals surface area contributed by atoms with Gasteiger partial charge in [-0.05, 0) is 19.1 Å². The van der Waals surface area contributed by atoms with Crippen LogP contribution in [0.4, 0.5) is 26.3 Å². The van der Waals surface area contributed by atoms with E-state index in [4.69, 9.17) is 11.1 Å². The molecule has 0 atom stereocenters. The molecular formula is C11H10F6N2O. The lowest BCUT2D eigenvalue weighted by Gasteiger charge is -2.25. The van der Waals surface area contributed by atoms with Gasteiger partial charge >= 0.3 is 12.4 Å². The summed E-state index contributed by atoms with van der Waals surface area (Å²) in [7, 11) is 0. The van der Waals surface area contributed by atoms with Crippen molar-refractivity contribution >= 4 is 5.84 Å². The fourth-order valence-corrected chi connectivity index (χ4v) is 1.40. The molecule has 0 saturated carbocycles. The van der Waals surface area contributed by atoms with Gasteiger partial charge in [0.05, 0.1) is 5.56 Å². The van der Waals surface area contributed by atoms with Gasteiger partial charge in [0, 0.05) is 0 Å². The van der Waals surface area contributed by atoms with E-state index in [1.807, 2.05) is 0 Å². The zero-order valence-electron chi connectivity index (χ0n) is 10.1. The van der Waals surface area contributed by atoms with Crippen LogP contribution in [0, 0.1) is 12.3 Å². The molecule has 112 valence electrons. The maximum absolute atomic E-state index is 12.4. The number of aryl methyl sites for hydroxylation is 1. The highest BCUT2D eigenvalue weighted by atomic mass is 19.4. The highest BCUT2D eigenvalue weighted by molar-refractivity contribution is 5.97. The van der Waals surface area contributed by atoms with Gasteiger partial charge in [-0.1, -0.05) is 11.6 Å². The number of nitrogens with two attached hydrogens (primary N) is 1. The van der Waals surface area contributed by atoms with E-state index < -0.39 is 30.0 Å². The molecule has 0 amide bonds. The SMILES string of the molecule is Cc1ccc(OC(C(F)(F)F)C(F)(F)F)c(C(=N)N)c1. The molecule has 0 fully saturated rings. The van der Waals surface area contributed by atoms with Gasteiger partial charge in [0.15, 0.2) is 0 Å². The van der Waals surface area contributed by atoms with E-state index in [0.29, 0.717) is 5.56 Å². The highest BCUT2D eigenvalue weighted by Gasteiger charge is 2.59. The number of amidine groups is 1. The van der Waals surface area contributed by atoms with E-state index in [1.54, 1.807) is 6.92 Å². The van der Waals surface area contributed by atoms with Crippen LogP contribution in [0.2, 0.25) is 0 Å². The zero-order chi connectivity index (χ0) is 15.7. The van der Waals surface area contributed by atoms with E-state index in [1.165, 1.54) is 12.1 Å². The van der Waals surface area contributed by atoms with Crippen LogP contribution in [0.5, 0.6) is 5.75 Å². The van der Waals surface area contributed by atoms with Crippen molar-refractivity contribution in [3.05, 3.63) is 29.3 Å². The lowest BCUT2D eigenvalue weighted by atomic mass is 10.1. The minimum atomic E-state index is -5.63. The maximum Gasteiger partial charge on any atom is 0.434 e. The molecule has 0 saturated heterocycles. The van der Waals surface area contributed by atoms with Gasteiger partial charge in [-0.2, -0.15) is 26.3 Å². The van der Waals surface area contributed by atoms with E-state index in [9.17, 15) is 26.3 Å². The van der Waals surface area contributed by atoms with Crippen LogP contribution in [0.1, 0.15) is 11.1 Å². The summed E-state index contributed by atoms with van der Waals surface area (Å²) in [5.74, 6) is -1.44. The lowest BCUT2D eigenvalue weighted by Crippen LogP contribution is -2.46. The van der Waals surface area contributed by atoms with Gasteiger partial charge in [-0.3, -0.25) is 5.41 Å². The molecule has 0 spiro atoms. The molecule has 3 nitrogen and oxygen atoms in total. The number of nitrogens with one attached hydrogen (secondary N) is 1. The largest absolute Gasteiger partial charge is 0.471 e. The van der Waals surface area contributed by atoms with Gasteiger partial charge in [-0.25, -0.2) is 0 Å². The summed E-state index contributed by atoms with van der Waals surface area (Å²) in [4.78, 5) is 0. The minimum absolute atomic E-state index is 0.330. The average Bonchev–Trinajstić information content (AvgIpc) is 2.23. The summed E-state index contributed by atoms with van der Waals surface area (Å²) < 4.78 is 78.3. The van der Waals surface area contributed by atoms with Crippen molar-refractivity contribution in [3.8, 4) is 5.75 Å². The van der Waals surface area contributed by atoms with Crippen LogP contribution < -0.4 is 10.5 Å². The number of hydrogen-bond donors (Lipinski definition) is 2. The summed E-state index contributed by atoms with van der Waals surface area (Å²) >= 11 is 0. The van der Waals surface area contributed by atoms with Crippen molar-refractivity contribution in [2.24, 2.45) is 5.73 Å². The van der Waals surface area contributed by atoms with E-state index in [0.717, 1.165) is 6.07 Å². The average molecular weight is 300 g/mol. The fraction of sp³-hybridized carbons (Fsp3) is 0.364. The minimum Gasteiger partial charge on any atom is -0.471 e. The Hall–Kier alpha value is -1.93. The molecule has 0 radical (unpaired) electrons. The van der Waals surface area contributed by atoms with Crippen molar-refractivity contribution in [1.82, 2.24) is 0 Å². The Bertz CT molecular complexity index is 495. The molecule has 1 rings (SSSR count). The first-order chi connectivity index (χ1) is 8.93. The first-order valence-corrected chi connectivity index (χ1v) is 5.18. The van der Waals surface area contributed by atoms with Gasteiger partial charge in [0.25, 0.3) is 6.10 Å². The van der Waals surface area contributed by atoms with E-state index >= 15 is 0 Å². The second kappa shape index (κ2) is 5.22. The molecule has 1 aromatic rings. The Morgan fingerprint density at radius 2 is 1.65 bits per heavy atom. The Kier molecular flexibility index (Phi) is 4.21. The smallest absolute Gasteiger partial charge is 0.434 e. The molecule has 0 aliphatic carbocycles. The number of nitrogen functional groups attached to an aromatic ring is 1. The standard InChI is InChI=1S/C11H10F6N2O/c1-5-2-3-7(6(4-5)8(18)19)20-9(10(12,13)14)11(15,16)17/h2-4,9H,1H3,(H3,18,19). The topological polar surface area (TPSA) is 59.1 Å². The van der Waals surface area contributed by atoms with Crippen LogP contribution in [0.15, 0.2) is 18.2 Å². The molecule has 3 N–H and O–H groups in total. The molecule has 0 aliphatic heterocycles. The van der Waals surface area contributed by atoms with Crippen molar-refractivity contribution < 1.29 is 31.1 Å².